The highest BCUT2D eigenvalue weighted by atomic mass is 19.1. The number of carboxylic acid groups (broad SMARTS) is 1. The van der Waals surface area contributed by atoms with Crippen molar-refractivity contribution in [2.75, 3.05) is 0 Å². The van der Waals surface area contributed by atoms with E-state index in [0.29, 0.717) is 23.5 Å². The first-order chi connectivity index (χ1) is 16.8. The third-order valence-electron chi connectivity index (χ3n) is 5.25. The minimum atomic E-state index is -1.23. The zero-order valence-electron chi connectivity index (χ0n) is 19.2. The highest BCUT2D eigenvalue weighted by Crippen LogP contribution is 2.17. The maximum absolute atomic E-state index is 13.2. The third kappa shape index (κ3) is 8.26. The molecule has 2 amide bonds. The van der Waals surface area contributed by atoms with Crippen molar-refractivity contribution in [3.8, 4) is 5.75 Å². The first kappa shape index (κ1) is 25.4. The van der Waals surface area contributed by atoms with Gasteiger partial charge in [0, 0.05) is 19.8 Å². The monoisotopic (exact) mass is 478 g/mol. The summed E-state index contributed by atoms with van der Waals surface area (Å²) in [5.74, 6) is -2.14. The second-order valence-electron chi connectivity index (χ2n) is 8.11. The molecular formula is C27H27FN2O5. The smallest absolute Gasteiger partial charge is 0.326 e. The summed E-state index contributed by atoms with van der Waals surface area (Å²) in [7, 11) is 0. The third-order valence-corrected chi connectivity index (χ3v) is 5.25. The molecular weight excluding hydrogens is 451 g/mol. The molecule has 0 saturated carbocycles. The minimum absolute atomic E-state index is 0.0208. The number of carboxylic acids is 1. The summed E-state index contributed by atoms with van der Waals surface area (Å²) in [6.45, 7) is 1.63. The van der Waals surface area contributed by atoms with Crippen LogP contribution in [0.5, 0.6) is 5.75 Å². The summed E-state index contributed by atoms with van der Waals surface area (Å²) < 4.78 is 19.0. The van der Waals surface area contributed by atoms with Crippen LogP contribution >= 0.6 is 0 Å². The van der Waals surface area contributed by atoms with Gasteiger partial charge in [-0.1, -0.05) is 54.6 Å². The lowest BCUT2D eigenvalue weighted by atomic mass is 10.0. The fourth-order valence-corrected chi connectivity index (χ4v) is 3.52. The first-order valence-corrected chi connectivity index (χ1v) is 11.1. The van der Waals surface area contributed by atoms with Crippen LogP contribution in [0.15, 0.2) is 78.9 Å². The molecule has 35 heavy (non-hydrogen) atoms. The van der Waals surface area contributed by atoms with Crippen LogP contribution in [0.3, 0.4) is 0 Å². The maximum Gasteiger partial charge on any atom is 0.326 e. The molecule has 3 aromatic rings. The SMILES string of the molecule is CC(=O)N[C@@H](Cc1ccc(F)cc1)C(=O)N[C@@H](Cc1cccc(OCc2ccccc2)c1)C(=O)O. The van der Waals surface area contributed by atoms with Crippen LogP contribution in [0.4, 0.5) is 4.39 Å². The lowest BCUT2D eigenvalue weighted by molar-refractivity contribution is -0.142. The molecule has 3 N–H and O–H groups in total. The number of rotatable bonds is 11. The average Bonchev–Trinajstić information content (AvgIpc) is 2.84. The molecule has 7 nitrogen and oxygen atoms in total. The molecule has 0 heterocycles. The van der Waals surface area contributed by atoms with Crippen LogP contribution in [-0.4, -0.2) is 35.0 Å². The number of aliphatic carboxylic acids is 1. The van der Waals surface area contributed by atoms with Crippen LogP contribution in [0.2, 0.25) is 0 Å². The van der Waals surface area contributed by atoms with E-state index in [2.05, 4.69) is 10.6 Å². The molecule has 182 valence electrons. The quantitative estimate of drug-likeness (QED) is 0.392. The van der Waals surface area contributed by atoms with Crippen LogP contribution in [-0.2, 0) is 33.8 Å². The van der Waals surface area contributed by atoms with Crippen molar-refractivity contribution in [2.24, 2.45) is 0 Å². The molecule has 0 aromatic heterocycles. The molecule has 0 aliphatic rings. The summed E-state index contributed by atoms with van der Waals surface area (Å²) in [6.07, 6.45) is 0.105. The number of benzene rings is 3. The predicted molar refractivity (Wildman–Crippen MR) is 128 cm³/mol. The summed E-state index contributed by atoms with van der Waals surface area (Å²) in [6, 6.07) is 19.9. The molecule has 3 aromatic carbocycles. The highest BCUT2D eigenvalue weighted by molar-refractivity contribution is 5.90. The minimum Gasteiger partial charge on any atom is -0.489 e. The van der Waals surface area contributed by atoms with Crippen molar-refractivity contribution in [1.82, 2.24) is 10.6 Å². The molecule has 0 unspecified atom stereocenters. The number of ether oxygens (including phenoxy) is 1. The number of carbonyl (C=O) groups excluding carboxylic acids is 2. The number of carbonyl (C=O) groups is 3. The van der Waals surface area contributed by atoms with Gasteiger partial charge in [-0.3, -0.25) is 9.59 Å². The molecule has 0 saturated heterocycles. The number of nitrogens with one attached hydrogen (secondary N) is 2. The molecule has 0 fully saturated rings. The van der Waals surface area contributed by atoms with E-state index in [0.717, 1.165) is 5.56 Å². The summed E-state index contributed by atoms with van der Waals surface area (Å²) in [5.41, 5.74) is 2.28. The Hall–Kier alpha value is -4.20. The number of amides is 2. The van der Waals surface area contributed by atoms with Gasteiger partial charge in [-0.15, -0.1) is 0 Å². The Bertz CT molecular complexity index is 1150. The van der Waals surface area contributed by atoms with Crippen LogP contribution in [0, 0.1) is 5.82 Å². The Morgan fingerprint density at radius 3 is 2.14 bits per heavy atom. The van der Waals surface area contributed by atoms with E-state index in [1.807, 2.05) is 30.3 Å². The van der Waals surface area contributed by atoms with E-state index in [-0.39, 0.29) is 12.8 Å². The maximum atomic E-state index is 13.2. The molecule has 0 bridgehead atoms. The van der Waals surface area contributed by atoms with Gasteiger partial charge in [-0.25, -0.2) is 9.18 Å². The van der Waals surface area contributed by atoms with E-state index in [4.69, 9.17) is 4.74 Å². The molecule has 2 atom stereocenters. The Kier molecular flexibility index (Phi) is 8.95. The summed E-state index contributed by atoms with van der Waals surface area (Å²) >= 11 is 0. The molecule has 0 spiro atoms. The molecule has 0 aliphatic carbocycles. The molecule has 3 rings (SSSR count). The second-order valence-corrected chi connectivity index (χ2v) is 8.11. The Balaban J connectivity index is 1.66. The van der Waals surface area contributed by atoms with Crippen LogP contribution in [0.25, 0.3) is 0 Å². The first-order valence-electron chi connectivity index (χ1n) is 11.1. The lowest BCUT2D eigenvalue weighted by Gasteiger charge is -2.21. The fraction of sp³-hybridized carbons (Fsp3) is 0.222. The van der Waals surface area contributed by atoms with E-state index < -0.39 is 35.7 Å². The summed E-state index contributed by atoms with van der Waals surface area (Å²) in [5, 5.41) is 14.8. The summed E-state index contributed by atoms with van der Waals surface area (Å²) in [4.78, 5) is 36.4. The van der Waals surface area contributed by atoms with Crippen molar-refractivity contribution in [3.63, 3.8) is 0 Å². The molecule has 8 heteroatoms. The van der Waals surface area contributed by atoms with Gasteiger partial charge in [0.15, 0.2) is 0 Å². The molecule has 0 aliphatic heterocycles. The van der Waals surface area contributed by atoms with E-state index in [1.54, 1.807) is 24.3 Å². The van der Waals surface area contributed by atoms with Crippen LogP contribution in [0.1, 0.15) is 23.6 Å². The van der Waals surface area contributed by atoms with Gasteiger partial charge in [-0.2, -0.15) is 0 Å². The van der Waals surface area contributed by atoms with Gasteiger partial charge in [0.1, 0.15) is 30.3 Å². The fourth-order valence-electron chi connectivity index (χ4n) is 3.52. The standard InChI is InChI=1S/C27H27FN2O5/c1-18(31)29-24(15-19-10-12-22(28)13-11-19)26(32)30-25(27(33)34)16-21-8-5-9-23(14-21)35-17-20-6-3-2-4-7-20/h2-14,24-25H,15-17H2,1H3,(H,29,31)(H,30,32)(H,33,34)/t24-,25-/m0/s1. The van der Waals surface area contributed by atoms with Crippen molar-refractivity contribution >= 4 is 17.8 Å². The number of hydrogen-bond donors (Lipinski definition) is 3. The van der Waals surface area contributed by atoms with Crippen molar-refractivity contribution in [3.05, 3.63) is 101 Å². The normalized spacial score (nSPS) is 12.3. The van der Waals surface area contributed by atoms with Crippen molar-refractivity contribution < 1.29 is 28.6 Å². The predicted octanol–water partition coefficient (Wildman–Crippen LogP) is 3.26. The van der Waals surface area contributed by atoms with E-state index >= 15 is 0 Å². The Labute approximate surface area is 202 Å². The lowest BCUT2D eigenvalue weighted by Crippen LogP contribution is -2.52. The van der Waals surface area contributed by atoms with Crippen LogP contribution < -0.4 is 15.4 Å². The van der Waals surface area contributed by atoms with Crippen molar-refractivity contribution in [2.45, 2.75) is 38.5 Å². The highest BCUT2D eigenvalue weighted by Gasteiger charge is 2.26. The largest absolute Gasteiger partial charge is 0.489 e. The number of hydrogen-bond acceptors (Lipinski definition) is 4. The molecule has 0 radical (unpaired) electrons. The topological polar surface area (TPSA) is 105 Å². The second kappa shape index (κ2) is 12.3. The van der Waals surface area contributed by atoms with Gasteiger partial charge in [0.05, 0.1) is 0 Å². The Morgan fingerprint density at radius 1 is 0.829 bits per heavy atom. The van der Waals surface area contributed by atoms with Gasteiger partial charge < -0.3 is 20.5 Å². The van der Waals surface area contributed by atoms with E-state index in [1.165, 1.54) is 31.2 Å². The van der Waals surface area contributed by atoms with Gasteiger partial charge >= 0.3 is 5.97 Å². The number of halogens is 1. The van der Waals surface area contributed by atoms with Crippen molar-refractivity contribution in [1.29, 1.82) is 0 Å². The zero-order valence-corrected chi connectivity index (χ0v) is 19.2. The van der Waals surface area contributed by atoms with E-state index in [9.17, 15) is 23.9 Å². The van der Waals surface area contributed by atoms with Gasteiger partial charge in [0.2, 0.25) is 11.8 Å². The Morgan fingerprint density at radius 2 is 1.49 bits per heavy atom. The zero-order chi connectivity index (χ0) is 25.2. The van der Waals surface area contributed by atoms with Gasteiger partial charge in [0.25, 0.3) is 0 Å². The van der Waals surface area contributed by atoms with Gasteiger partial charge in [-0.05, 0) is 41.0 Å². The average molecular weight is 479 g/mol.